The Balaban J connectivity index is 1.42. The Kier molecular flexibility index (Phi) is 4.52. The van der Waals surface area contributed by atoms with Crippen molar-refractivity contribution in [3.05, 3.63) is 87.4 Å². The van der Waals surface area contributed by atoms with Gasteiger partial charge < -0.3 is 4.84 Å². The maximum absolute atomic E-state index is 12.3. The highest BCUT2D eigenvalue weighted by Gasteiger charge is 2.39. The molecule has 3 aromatic rings. The second-order valence-electron chi connectivity index (χ2n) is 5.94. The lowest BCUT2D eigenvalue weighted by Crippen LogP contribution is -2.32. The van der Waals surface area contributed by atoms with E-state index in [4.69, 9.17) is 4.84 Å². The van der Waals surface area contributed by atoms with Gasteiger partial charge in [0.25, 0.3) is 11.8 Å². The number of aryl methyl sites for hydroxylation is 2. The minimum Gasteiger partial charge on any atom is -0.322 e. The van der Waals surface area contributed by atoms with E-state index in [1.165, 1.54) is 29.0 Å². The molecule has 0 spiro atoms. The molecule has 0 saturated heterocycles. The Bertz CT molecular complexity index is 994. The largest absolute Gasteiger partial charge is 0.383 e. The van der Waals surface area contributed by atoms with Crippen LogP contribution in [0.15, 0.2) is 60.0 Å². The fourth-order valence-electron chi connectivity index (χ4n) is 2.80. The molecule has 1 aliphatic heterocycles. The lowest BCUT2D eigenvalue weighted by Gasteiger charge is -2.11. The van der Waals surface area contributed by atoms with Crippen LogP contribution in [0.3, 0.4) is 0 Å². The van der Waals surface area contributed by atoms with Crippen LogP contribution in [-0.2, 0) is 17.7 Å². The maximum Gasteiger partial charge on any atom is 0.383 e. The summed E-state index contributed by atoms with van der Waals surface area (Å²) in [5, 5.41) is 2.85. The highest BCUT2D eigenvalue weighted by atomic mass is 32.1. The smallest absolute Gasteiger partial charge is 0.322 e. The molecule has 0 bridgehead atoms. The number of carbonyl (C=O) groups is 3. The van der Waals surface area contributed by atoms with Gasteiger partial charge in [-0.15, -0.1) is 11.3 Å². The van der Waals surface area contributed by atoms with E-state index in [9.17, 15) is 14.4 Å². The molecule has 0 N–H and O–H groups in total. The molecule has 0 unspecified atom stereocenters. The van der Waals surface area contributed by atoms with E-state index in [2.05, 4.69) is 4.98 Å². The average Bonchev–Trinajstić information content (AvgIpc) is 3.27. The number of fused-ring (bicyclic) bond motifs is 1. The second kappa shape index (κ2) is 7.13. The van der Waals surface area contributed by atoms with E-state index in [-0.39, 0.29) is 16.8 Å². The van der Waals surface area contributed by atoms with E-state index in [0.29, 0.717) is 11.5 Å². The molecule has 27 heavy (non-hydrogen) atoms. The van der Waals surface area contributed by atoms with Gasteiger partial charge in [0.2, 0.25) is 0 Å². The monoisotopic (exact) mass is 378 g/mol. The topological polar surface area (TPSA) is 76.6 Å². The SMILES string of the molecule is O=C(ON1C(=O)c2ccccc2C1=O)c1csc(CCc2ccccc2)n1. The van der Waals surface area contributed by atoms with Gasteiger partial charge >= 0.3 is 5.97 Å². The number of amides is 2. The van der Waals surface area contributed by atoms with Crippen LogP contribution >= 0.6 is 11.3 Å². The fraction of sp³-hybridized carbons (Fsp3) is 0.100. The molecule has 2 heterocycles. The van der Waals surface area contributed by atoms with Crippen LogP contribution in [0.5, 0.6) is 0 Å². The van der Waals surface area contributed by atoms with Crippen molar-refractivity contribution in [2.75, 3.05) is 0 Å². The predicted molar refractivity (Wildman–Crippen MR) is 98.3 cm³/mol. The van der Waals surface area contributed by atoms with E-state index in [1.807, 2.05) is 30.3 Å². The number of imide groups is 1. The number of thiazole rings is 1. The van der Waals surface area contributed by atoms with E-state index < -0.39 is 17.8 Å². The highest BCUT2D eigenvalue weighted by Crippen LogP contribution is 2.23. The third kappa shape index (κ3) is 3.37. The quantitative estimate of drug-likeness (QED) is 0.637. The minimum absolute atomic E-state index is 0.0830. The van der Waals surface area contributed by atoms with Crippen molar-refractivity contribution in [2.24, 2.45) is 0 Å². The number of nitrogens with zero attached hydrogens (tertiary/aromatic N) is 2. The van der Waals surface area contributed by atoms with Crippen molar-refractivity contribution in [3.63, 3.8) is 0 Å². The summed E-state index contributed by atoms with van der Waals surface area (Å²) in [6.07, 6.45) is 1.50. The summed E-state index contributed by atoms with van der Waals surface area (Å²) in [5.41, 5.74) is 1.71. The van der Waals surface area contributed by atoms with Gasteiger partial charge in [-0.25, -0.2) is 9.78 Å². The minimum atomic E-state index is -0.827. The first-order valence-electron chi connectivity index (χ1n) is 8.32. The van der Waals surface area contributed by atoms with Crippen LogP contribution < -0.4 is 0 Å². The number of hydroxylamine groups is 2. The molecule has 0 fully saturated rings. The lowest BCUT2D eigenvalue weighted by atomic mass is 10.1. The first kappa shape index (κ1) is 17.1. The van der Waals surface area contributed by atoms with E-state index >= 15 is 0 Å². The van der Waals surface area contributed by atoms with Crippen LogP contribution in [0.2, 0.25) is 0 Å². The lowest BCUT2D eigenvalue weighted by molar-refractivity contribution is -0.0588. The summed E-state index contributed by atoms with van der Waals surface area (Å²) >= 11 is 1.34. The van der Waals surface area contributed by atoms with Gasteiger partial charge in [-0.3, -0.25) is 9.59 Å². The Hall–Kier alpha value is -3.32. The molecule has 0 atom stereocenters. The molecule has 1 aliphatic rings. The summed E-state index contributed by atoms with van der Waals surface area (Å²) < 4.78 is 0. The highest BCUT2D eigenvalue weighted by molar-refractivity contribution is 7.09. The average molecular weight is 378 g/mol. The van der Waals surface area contributed by atoms with Crippen LogP contribution in [0.4, 0.5) is 0 Å². The normalized spacial score (nSPS) is 13.0. The molecule has 2 amide bonds. The molecular formula is C20H14N2O4S. The van der Waals surface area contributed by atoms with Gasteiger partial charge in [0.1, 0.15) is 0 Å². The molecule has 7 heteroatoms. The van der Waals surface area contributed by atoms with Gasteiger partial charge in [-0.05, 0) is 24.1 Å². The summed E-state index contributed by atoms with van der Waals surface area (Å²) in [5.74, 6) is -2.13. The number of benzene rings is 2. The number of rotatable bonds is 5. The zero-order valence-electron chi connectivity index (χ0n) is 14.1. The Labute approximate surface area is 159 Å². The summed E-state index contributed by atoms with van der Waals surface area (Å²) in [4.78, 5) is 46.1. The van der Waals surface area contributed by atoms with Gasteiger partial charge in [-0.1, -0.05) is 47.5 Å². The number of hydrogen-bond acceptors (Lipinski definition) is 6. The van der Waals surface area contributed by atoms with Crippen molar-refractivity contribution < 1.29 is 19.2 Å². The summed E-state index contributed by atoms with van der Waals surface area (Å²) in [6, 6.07) is 16.3. The number of hydrogen-bond donors (Lipinski definition) is 0. The molecule has 134 valence electrons. The van der Waals surface area contributed by atoms with Gasteiger partial charge in [0.05, 0.1) is 16.1 Å². The first-order valence-corrected chi connectivity index (χ1v) is 9.20. The van der Waals surface area contributed by atoms with E-state index in [1.54, 1.807) is 17.5 Å². The van der Waals surface area contributed by atoms with Gasteiger partial charge in [0, 0.05) is 11.8 Å². The maximum atomic E-state index is 12.3. The fourth-order valence-corrected chi connectivity index (χ4v) is 3.56. The van der Waals surface area contributed by atoms with Gasteiger partial charge in [-0.2, -0.15) is 0 Å². The molecule has 0 radical (unpaired) electrons. The van der Waals surface area contributed by atoms with Crippen molar-refractivity contribution >= 4 is 29.1 Å². The molecule has 4 rings (SSSR count). The molecule has 6 nitrogen and oxygen atoms in total. The van der Waals surface area contributed by atoms with Gasteiger partial charge in [0.15, 0.2) is 5.69 Å². The van der Waals surface area contributed by atoms with Crippen LogP contribution in [0.1, 0.15) is 41.8 Å². The molecule has 1 aromatic heterocycles. The Morgan fingerprint density at radius 1 is 0.926 bits per heavy atom. The number of carbonyl (C=O) groups excluding carboxylic acids is 3. The zero-order valence-corrected chi connectivity index (χ0v) is 14.9. The Morgan fingerprint density at radius 2 is 1.56 bits per heavy atom. The summed E-state index contributed by atoms with van der Waals surface area (Å²) in [6.45, 7) is 0. The standard InChI is InChI=1S/C20H14N2O4S/c23-18-14-8-4-5-9-15(14)19(24)22(18)26-20(25)16-12-27-17(21-16)11-10-13-6-2-1-3-7-13/h1-9,12H,10-11H2. The van der Waals surface area contributed by atoms with Crippen molar-refractivity contribution in [1.82, 2.24) is 10.0 Å². The summed E-state index contributed by atoms with van der Waals surface area (Å²) in [7, 11) is 0. The van der Waals surface area contributed by atoms with Crippen LogP contribution in [0, 0.1) is 0 Å². The number of aromatic nitrogens is 1. The van der Waals surface area contributed by atoms with Crippen LogP contribution in [0.25, 0.3) is 0 Å². The Morgan fingerprint density at radius 3 is 2.22 bits per heavy atom. The third-order valence-electron chi connectivity index (χ3n) is 4.16. The van der Waals surface area contributed by atoms with Crippen molar-refractivity contribution in [3.8, 4) is 0 Å². The first-order chi connectivity index (χ1) is 13.1. The third-order valence-corrected chi connectivity index (χ3v) is 5.07. The van der Waals surface area contributed by atoms with Crippen LogP contribution in [-0.4, -0.2) is 27.8 Å². The molecule has 2 aromatic carbocycles. The molecule has 0 saturated carbocycles. The van der Waals surface area contributed by atoms with Crippen molar-refractivity contribution in [2.45, 2.75) is 12.8 Å². The second-order valence-corrected chi connectivity index (χ2v) is 6.88. The van der Waals surface area contributed by atoms with Crippen molar-refractivity contribution in [1.29, 1.82) is 0 Å². The zero-order chi connectivity index (χ0) is 18.8. The predicted octanol–water partition coefficient (Wildman–Crippen LogP) is 3.30. The molecular weight excluding hydrogens is 364 g/mol. The van der Waals surface area contributed by atoms with E-state index in [0.717, 1.165) is 11.4 Å². The molecule has 0 aliphatic carbocycles.